The largest absolute Gasteiger partial charge is 0.497 e. The first-order valence-electron chi connectivity index (χ1n) is 6.40. The molecule has 0 aliphatic carbocycles. The van der Waals surface area contributed by atoms with Crippen LogP contribution in [0, 0.1) is 0 Å². The minimum absolute atomic E-state index is 0.131. The van der Waals surface area contributed by atoms with E-state index in [1.165, 1.54) is 0 Å². The van der Waals surface area contributed by atoms with Gasteiger partial charge in [0.15, 0.2) is 0 Å². The molecule has 0 aliphatic rings. The fourth-order valence-electron chi connectivity index (χ4n) is 2.19. The zero-order chi connectivity index (χ0) is 13.8. The van der Waals surface area contributed by atoms with Crippen LogP contribution in [0.1, 0.15) is 19.7 Å². The van der Waals surface area contributed by atoms with Crippen molar-refractivity contribution in [3.05, 3.63) is 24.0 Å². The Morgan fingerprint density at radius 3 is 2.84 bits per heavy atom. The maximum absolute atomic E-state index is 5.98. The molecule has 2 aromatic rings. The van der Waals surface area contributed by atoms with Gasteiger partial charge >= 0.3 is 0 Å². The van der Waals surface area contributed by atoms with E-state index in [0.717, 1.165) is 29.2 Å². The number of halogens is 1. The molecule has 1 atom stereocenters. The normalized spacial score (nSPS) is 12.8. The van der Waals surface area contributed by atoms with Crippen LogP contribution in [0.15, 0.2) is 18.2 Å². The highest BCUT2D eigenvalue weighted by Crippen LogP contribution is 2.23. The van der Waals surface area contributed by atoms with Gasteiger partial charge in [0.05, 0.1) is 36.7 Å². The lowest BCUT2D eigenvalue weighted by molar-refractivity contribution is 0.0643. The first kappa shape index (κ1) is 14.2. The molecule has 1 aromatic carbocycles. The SMILES string of the molecule is CCOC(C)Cn1c(CCl)nc2cc(OC)ccc21. The Bertz CT molecular complexity index is 554. The number of hydrogen-bond donors (Lipinski definition) is 0. The molecule has 0 saturated heterocycles. The lowest BCUT2D eigenvalue weighted by Crippen LogP contribution is -2.17. The number of hydrogen-bond acceptors (Lipinski definition) is 3. The average Bonchev–Trinajstić information content (AvgIpc) is 2.76. The van der Waals surface area contributed by atoms with E-state index in [1.807, 2.05) is 25.1 Å². The van der Waals surface area contributed by atoms with Gasteiger partial charge in [-0.15, -0.1) is 11.6 Å². The molecule has 4 nitrogen and oxygen atoms in total. The van der Waals surface area contributed by atoms with Crippen LogP contribution in [0.25, 0.3) is 11.0 Å². The van der Waals surface area contributed by atoms with Crippen LogP contribution in [-0.4, -0.2) is 29.4 Å². The summed E-state index contributed by atoms with van der Waals surface area (Å²) in [6, 6.07) is 5.87. The van der Waals surface area contributed by atoms with Crippen LogP contribution in [-0.2, 0) is 17.2 Å². The molecule has 0 aliphatic heterocycles. The van der Waals surface area contributed by atoms with E-state index >= 15 is 0 Å². The van der Waals surface area contributed by atoms with Crippen LogP contribution < -0.4 is 4.74 Å². The summed E-state index contributed by atoms with van der Waals surface area (Å²) in [5.74, 6) is 2.04. The molecular formula is C14H19ClN2O2. The first-order valence-corrected chi connectivity index (χ1v) is 6.93. The number of rotatable bonds is 6. The van der Waals surface area contributed by atoms with Gasteiger partial charge in [-0.1, -0.05) is 0 Å². The summed E-state index contributed by atoms with van der Waals surface area (Å²) in [7, 11) is 1.65. The van der Waals surface area contributed by atoms with Gasteiger partial charge in [0.1, 0.15) is 11.6 Å². The van der Waals surface area contributed by atoms with Gasteiger partial charge in [0.25, 0.3) is 0 Å². The van der Waals surface area contributed by atoms with Crippen molar-refractivity contribution in [1.29, 1.82) is 0 Å². The molecule has 5 heteroatoms. The minimum atomic E-state index is 0.131. The third-order valence-electron chi connectivity index (χ3n) is 3.04. The van der Waals surface area contributed by atoms with Crippen molar-refractivity contribution in [1.82, 2.24) is 9.55 Å². The van der Waals surface area contributed by atoms with Gasteiger partial charge in [0.2, 0.25) is 0 Å². The third-order valence-corrected chi connectivity index (χ3v) is 3.28. The molecule has 1 unspecified atom stereocenters. The molecule has 1 heterocycles. The van der Waals surface area contributed by atoms with E-state index in [9.17, 15) is 0 Å². The second-order valence-corrected chi connectivity index (χ2v) is 4.66. The van der Waals surface area contributed by atoms with Gasteiger partial charge in [-0.2, -0.15) is 0 Å². The number of fused-ring (bicyclic) bond motifs is 1. The van der Waals surface area contributed by atoms with Crippen LogP contribution in [0.4, 0.5) is 0 Å². The van der Waals surface area contributed by atoms with E-state index < -0.39 is 0 Å². The predicted octanol–water partition coefficient (Wildman–Crippen LogP) is 3.21. The third kappa shape index (κ3) is 3.01. The van der Waals surface area contributed by atoms with Crippen LogP contribution >= 0.6 is 11.6 Å². The number of imidazole rings is 1. The number of benzene rings is 1. The van der Waals surface area contributed by atoms with Crippen LogP contribution in [0.2, 0.25) is 0 Å². The second-order valence-electron chi connectivity index (χ2n) is 4.39. The first-order chi connectivity index (χ1) is 9.19. The summed E-state index contributed by atoms with van der Waals surface area (Å²) in [4.78, 5) is 4.55. The van der Waals surface area contributed by atoms with E-state index in [0.29, 0.717) is 12.5 Å². The van der Waals surface area contributed by atoms with Crippen molar-refractivity contribution in [2.45, 2.75) is 32.4 Å². The van der Waals surface area contributed by atoms with Gasteiger partial charge in [-0.05, 0) is 26.0 Å². The summed E-state index contributed by atoms with van der Waals surface area (Å²) in [5.41, 5.74) is 1.96. The Morgan fingerprint density at radius 1 is 1.42 bits per heavy atom. The summed E-state index contributed by atoms with van der Waals surface area (Å²) < 4.78 is 12.9. The number of ether oxygens (including phenoxy) is 2. The van der Waals surface area contributed by atoms with Crippen molar-refractivity contribution >= 4 is 22.6 Å². The Kier molecular flexibility index (Phi) is 4.66. The molecule has 19 heavy (non-hydrogen) atoms. The van der Waals surface area contributed by atoms with Crippen molar-refractivity contribution in [2.75, 3.05) is 13.7 Å². The summed E-state index contributed by atoms with van der Waals surface area (Å²) >= 11 is 5.98. The number of alkyl halides is 1. The molecule has 0 radical (unpaired) electrons. The molecule has 104 valence electrons. The van der Waals surface area contributed by atoms with E-state index in [1.54, 1.807) is 7.11 Å². The average molecular weight is 283 g/mol. The molecule has 0 saturated carbocycles. The number of aromatic nitrogens is 2. The molecule has 0 N–H and O–H groups in total. The lowest BCUT2D eigenvalue weighted by Gasteiger charge is -2.14. The highest BCUT2D eigenvalue weighted by molar-refractivity contribution is 6.16. The van der Waals surface area contributed by atoms with Crippen LogP contribution in [0.3, 0.4) is 0 Å². The maximum atomic E-state index is 5.98. The van der Waals surface area contributed by atoms with Gasteiger partial charge < -0.3 is 14.0 Å². The lowest BCUT2D eigenvalue weighted by atomic mass is 10.3. The van der Waals surface area contributed by atoms with Gasteiger partial charge in [0, 0.05) is 12.7 Å². The summed E-state index contributed by atoms with van der Waals surface area (Å²) in [6.07, 6.45) is 0.131. The van der Waals surface area contributed by atoms with Crippen LogP contribution in [0.5, 0.6) is 5.75 Å². The number of methoxy groups -OCH3 is 1. The second kappa shape index (κ2) is 6.26. The maximum Gasteiger partial charge on any atom is 0.124 e. The van der Waals surface area contributed by atoms with Crippen molar-refractivity contribution in [2.24, 2.45) is 0 Å². The van der Waals surface area contributed by atoms with Crippen molar-refractivity contribution < 1.29 is 9.47 Å². The predicted molar refractivity (Wildman–Crippen MR) is 76.9 cm³/mol. The highest BCUT2D eigenvalue weighted by atomic mass is 35.5. The Hall–Kier alpha value is -1.26. The zero-order valence-electron chi connectivity index (χ0n) is 11.5. The fourth-order valence-corrected chi connectivity index (χ4v) is 2.39. The fraction of sp³-hybridized carbons (Fsp3) is 0.500. The zero-order valence-corrected chi connectivity index (χ0v) is 12.3. The smallest absolute Gasteiger partial charge is 0.124 e. The topological polar surface area (TPSA) is 36.3 Å². The molecule has 0 fully saturated rings. The Balaban J connectivity index is 2.40. The Labute approximate surface area is 118 Å². The quantitative estimate of drug-likeness (QED) is 0.764. The summed E-state index contributed by atoms with van der Waals surface area (Å²) in [6.45, 7) is 5.50. The summed E-state index contributed by atoms with van der Waals surface area (Å²) in [5, 5.41) is 0. The van der Waals surface area contributed by atoms with E-state index in [-0.39, 0.29) is 6.10 Å². The molecule has 0 amide bonds. The molecule has 2 rings (SSSR count). The molecule has 0 spiro atoms. The van der Waals surface area contributed by atoms with Gasteiger partial charge in [-0.25, -0.2) is 4.98 Å². The molecule has 0 bridgehead atoms. The standard InChI is InChI=1S/C14H19ClN2O2/c1-4-19-10(2)9-17-13-6-5-11(18-3)7-12(13)16-14(17)8-15/h5-7,10H,4,8-9H2,1-3H3. The van der Waals surface area contributed by atoms with Crippen molar-refractivity contribution in [3.63, 3.8) is 0 Å². The van der Waals surface area contributed by atoms with Crippen molar-refractivity contribution in [3.8, 4) is 5.75 Å². The monoisotopic (exact) mass is 282 g/mol. The van der Waals surface area contributed by atoms with E-state index in [4.69, 9.17) is 21.1 Å². The minimum Gasteiger partial charge on any atom is -0.497 e. The molecule has 1 aromatic heterocycles. The molecular weight excluding hydrogens is 264 g/mol. The van der Waals surface area contributed by atoms with Gasteiger partial charge in [-0.3, -0.25) is 0 Å². The Morgan fingerprint density at radius 2 is 2.21 bits per heavy atom. The highest BCUT2D eigenvalue weighted by Gasteiger charge is 2.13. The van der Waals surface area contributed by atoms with E-state index in [2.05, 4.69) is 16.5 Å². The number of nitrogens with zero attached hydrogens (tertiary/aromatic N) is 2.